The number of nitrogens with zero attached hydrogens (tertiary/aromatic N) is 3. The number of benzene rings is 1. The zero-order chi connectivity index (χ0) is 19.2. The van der Waals surface area contributed by atoms with Gasteiger partial charge in [-0.3, -0.25) is 9.89 Å². The zero-order valence-corrected chi connectivity index (χ0v) is 17.3. The fourth-order valence-electron chi connectivity index (χ4n) is 3.31. The summed E-state index contributed by atoms with van der Waals surface area (Å²) in [4.78, 5) is 10.3. The van der Waals surface area contributed by atoms with E-state index in [0.29, 0.717) is 12.6 Å². The van der Waals surface area contributed by atoms with E-state index in [-0.39, 0.29) is 0 Å². The summed E-state index contributed by atoms with van der Waals surface area (Å²) in [5.74, 6) is 0.763. The van der Waals surface area contributed by atoms with Crippen LogP contribution in [0.3, 0.4) is 0 Å². The van der Waals surface area contributed by atoms with E-state index in [9.17, 15) is 5.11 Å². The van der Waals surface area contributed by atoms with Crippen LogP contribution in [0.2, 0.25) is 0 Å². The fourth-order valence-corrected chi connectivity index (χ4v) is 4.35. The summed E-state index contributed by atoms with van der Waals surface area (Å²) >= 11 is 1.63. The summed E-state index contributed by atoms with van der Waals surface area (Å²) in [6.45, 7) is 7.29. The molecule has 1 aliphatic heterocycles. The lowest BCUT2D eigenvalue weighted by Gasteiger charge is -2.37. The molecule has 1 aliphatic rings. The molecule has 1 aromatic carbocycles. The molecular formula is C20H31N5OS. The Balaban J connectivity index is 1.59. The van der Waals surface area contributed by atoms with Gasteiger partial charge >= 0.3 is 0 Å². The molecule has 1 saturated heterocycles. The molecule has 0 saturated carbocycles. The third-order valence-corrected chi connectivity index (χ3v) is 6.24. The standard InChI is InChI=1S/C20H31N5OS/c1-4-21-20(22-12-16-14-24(2)9-10-25(16)3)23-13-17(26)19-11-15-7-5-6-8-18(15)27-19/h5-8,11,16-17,26H,4,9-10,12-14H2,1-3H3,(H2,21,22,23). The quantitative estimate of drug-likeness (QED) is 0.519. The molecule has 6 nitrogen and oxygen atoms in total. The van der Waals surface area contributed by atoms with E-state index in [1.807, 2.05) is 12.1 Å². The highest BCUT2D eigenvalue weighted by molar-refractivity contribution is 7.19. The number of rotatable bonds is 6. The van der Waals surface area contributed by atoms with Gasteiger partial charge in [-0.1, -0.05) is 18.2 Å². The maximum atomic E-state index is 10.6. The Kier molecular flexibility index (Phi) is 7.07. The second kappa shape index (κ2) is 9.50. The zero-order valence-electron chi connectivity index (χ0n) is 16.5. The number of guanidine groups is 1. The third kappa shape index (κ3) is 5.42. The Labute approximate surface area is 165 Å². The number of aliphatic hydroxyl groups is 1. The van der Waals surface area contributed by atoms with Gasteiger partial charge in [0.1, 0.15) is 6.10 Å². The number of nitrogens with one attached hydrogen (secondary N) is 2. The van der Waals surface area contributed by atoms with Gasteiger partial charge in [0, 0.05) is 48.3 Å². The molecule has 2 aromatic rings. The second-order valence-electron chi connectivity index (χ2n) is 7.20. The van der Waals surface area contributed by atoms with E-state index in [0.717, 1.165) is 43.6 Å². The lowest BCUT2D eigenvalue weighted by molar-refractivity contribution is 0.116. The van der Waals surface area contributed by atoms with Crippen molar-refractivity contribution in [3.8, 4) is 0 Å². The summed E-state index contributed by atoms with van der Waals surface area (Å²) < 4.78 is 1.20. The number of aliphatic imine (C=N–C) groups is 1. The number of likely N-dealkylation sites (N-methyl/N-ethyl adjacent to an activating group) is 2. The summed E-state index contributed by atoms with van der Waals surface area (Å²) in [7, 11) is 4.34. The van der Waals surface area contributed by atoms with Crippen LogP contribution in [-0.2, 0) is 0 Å². The summed E-state index contributed by atoms with van der Waals surface area (Å²) in [5, 5.41) is 18.5. The maximum Gasteiger partial charge on any atom is 0.191 e. The van der Waals surface area contributed by atoms with Gasteiger partial charge in [0.25, 0.3) is 0 Å². The van der Waals surface area contributed by atoms with Crippen LogP contribution in [-0.4, -0.2) is 80.3 Å². The first kappa shape index (κ1) is 20.1. The number of hydrogen-bond donors (Lipinski definition) is 3. The summed E-state index contributed by atoms with van der Waals surface area (Å²) in [6, 6.07) is 10.7. The first-order valence-electron chi connectivity index (χ1n) is 9.64. The smallest absolute Gasteiger partial charge is 0.191 e. The predicted octanol–water partition coefficient (Wildman–Crippen LogP) is 1.74. The van der Waals surface area contributed by atoms with Gasteiger partial charge < -0.3 is 20.6 Å². The van der Waals surface area contributed by atoms with Gasteiger partial charge in [-0.25, -0.2) is 0 Å². The third-order valence-electron chi connectivity index (χ3n) is 5.02. The SMILES string of the molecule is CCNC(=NCC(O)c1cc2ccccc2s1)NCC1CN(C)CCN1C. The normalized spacial score (nSPS) is 20.7. The molecule has 3 rings (SSSR count). The molecule has 3 N–H and O–H groups in total. The molecule has 7 heteroatoms. The first-order valence-corrected chi connectivity index (χ1v) is 10.5. The Hall–Kier alpha value is -1.67. The topological polar surface area (TPSA) is 63.1 Å². The highest BCUT2D eigenvalue weighted by Gasteiger charge is 2.22. The van der Waals surface area contributed by atoms with Crippen LogP contribution in [0.15, 0.2) is 35.3 Å². The lowest BCUT2D eigenvalue weighted by Crippen LogP contribution is -2.55. The van der Waals surface area contributed by atoms with Crippen molar-refractivity contribution in [1.82, 2.24) is 20.4 Å². The second-order valence-corrected chi connectivity index (χ2v) is 8.31. The van der Waals surface area contributed by atoms with Crippen LogP contribution in [0, 0.1) is 0 Å². The molecule has 27 heavy (non-hydrogen) atoms. The molecule has 0 bridgehead atoms. The summed E-state index contributed by atoms with van der Waals surface area (Å²) in [5.41, 5.74) is 0. The predicted molar refractivity (Wildman–Crippen MR) is 115 cm³/mol. The van der Waals surface area contributed by atoms with E-state index in [4.69, 9.17) is 0 Å². The Morgan fingerprint density at radius 2 is 2.11 bits per heavy atom. The van der Waals surface area contributed by atoms with Crippen LogP contribution in [0.4, 0.5) is 0 Å². The average molecular weight is 390 g/mol. The minimum atomic E-state index is -0.582. The van der Waals surface area contributed by atoms with Gasteiger partial charge in [0.05, 0.1) is 6.54 Å². The number of aliphatic hydroxyl groups excluding tert-OH is 1. The molecule has 0 radical (unpaired) electrons. The van der Waals surface area contributed by atoms with E-state index >= 15 is 0 Å². The van der Waals surface area contributed by atoms with Crippen LogP contribution in [0.5, 0.6) is 0 Å². The molecule has 2 heterocycles. The molecular weight excluding hydrogens is 358 g/mol. The van der Waals surface area contributed by atoms with Gasteiger partial charge in [0.15, 0.2) is 5.96 Å². The highest BCUT2D eigenvalue weighted by atomic mass is 32.1. The van der Waals surface area contributed by atoms with Gasteiger partial charge in [-0.15, -0.1) is 11.3 Å². The number of hydrogen-bond acceptors (Lipinski definition) is 5. The van der Waals surface area contributed by atoms with Crippen molar-refractivity contribution in [2.45, 2.75) is 19.1 Å². The van der Waals surface area contributed by atoms with E-state index in [1.165, 1.54) is 10.1 Å². The minimum absolute atomic E-state index is 0.350. The van der Waals surface area contributed by atoms with Crippen molar-refractivity contribution in [1.29, 1.82) is 0 Å². The van der Waals surface area contributed by atoms with Crippen molar-refractivity contribution in [2.75, 3.05) is 53.4 Å². The minimum Gasteiger partial charge on any atom is -0.386 e. The largest absolute Gasteiger partial charge is 0.386 e. The number of piperazine rings is 1. The molecule has 0 amide bonds. The van der Waals surface area contributed by atoms with Crippen molar-refractivity contribution >= 4 is 27.4 Å². The fraction of sp³-hybridized carbons (Fsp3) is 0.550. The molecule has 2 unspecified atom stereocenters. The van der Waals surface area contributed by atoms with Gasteiger partial charge in [-0.2, -0.15) is 0 Å². The Bertz CT molecular complexity index is 729. The Morgan fingerprint density at radius 1 is 1.30 bits per heavy atom. The lowest BCUT2D eigenvalue weighted by atomic mass is 10.2. The number of fused-ring (bicyclic) bond motifs is 1. The molecule has 0 aliphatic carbocycles. The first-order chi connectivity index (χ1) is 13.1. The van der Waals surface area contributed by atoms with E-state index in [1.54, 1.807) is 11.3 Å². The molecule has 1 fully saturated rings. The van der Waals surface area contributed by atoms with Gasteiger partial charge in [0.2, 0.25) is 0 Å². The van der Waals surface area contributed by atoms with E-state index < -0.39 is 6.10 Å². The van der Waals surface area contributed by atoms with Crippen LogP contribution < -0.4 is 10.6 Å². The highest BCUT2D eigenvalue weighted by Crippen LogP contribution is 2.29. The molecule has 2 atom stereocenters. The monoisotopic (exact) mass is 389 g/mol. The van der Waals surface area contributed by atoms with Crippen LogP contribution >= 0.6 is 11.3 Å². The van der Waals surface area contributed by atoms with Crippen LogP contribution in [0.1, 0.15) is 17.9 Å². The van der Waals surface area contributed by atoms with Gasteiger partial charge in [-0.05, 0) is 38.5 Å². The van der Waals surface area contributed by atoms with Crippen LogP contribution in [0.25, 0.3) is 10.1 Å². The average Bonchev–Trinajstić information content (AvgIpc) is 3.10. The Morgan fingerprint density at radius 3 is 2.89 bits per heavy atom. The maximum absolute atomic E-state index is 10.6. The molecule has 1 aromatic heterocycles. The van der Waals surface area contributed by atoms with Crippen molar-refractivity contribution in [2.24, 2.45) is 4.99 Å². The van der Waals surface area contributed by atoms with Crippen molar-refractivity contribution in [3.05, 3.63) is 35.2 Å². The molecule has 0 spiro atoms. The summed E-state index contributed by atoms with van der Waals surface area (Å²) in [6.07, 6.45) is -0.582. The molecule has 148 valence electrons. The number of thiophene rings is 1. The van der Waals surface area contributed by atoms with Crippen molar-refractivity contribution < 1.29 is 5.11 Å². The van der Waals surface area contributed by atoms with E-state index in [2.05, 4.69) is 64.6 Å². The van der Waals surface area contributed by atoms with Crippen molar-refractivity contribution in [3.63, 3.8) is 0 Å².